The Labute approximate surface area is 183 Å². The average Bonchev–Trinajstić information content (AvgIpc) is 3.25. The molecule has 31 heavy (non-hydrogen) atoms. The molecule has 5 atom stereocenters. The van der Waals surface area contributed by atoms with Gasteiger partial charge in [0.25, 0.3) is 0 Å². The van der Waals surface area contributed by atoms with Gasteiger partial charge >= 0.3 is 5.97 Å². The number of rotatable bonds is 6. The number of thioether (sulfide) groups is 1. The van der Waals surface area contributed by atoms with E-state index < -0.39 is 40.6 Å². The van der Waals surface area contributed by atoms with Crippen molar-refractivity contribution in [1.82, 2.24) is 20.4 Å². The van der Waals surface area contributed by atoms with Gasteiger partial charge in [0.2, 0.25) is 11.8 Å². The maximum absolute atomic E-state index is 13.3. The molecule has 170 valence electrons. The molecule has 11 nitrogen and oxygen atoms in total. The lowest BCUT2D eigenvalue weighted by molar-refractivity contribution is -0.158. The lowest BCUT2D eigenvalue weighted by Gasteiger charge is -2.56. The van der Waals surface area contributed by atoms with E-state index in [-0.39, 0.29) is 28.5 Å². The summed E-state index contributed by atoms with van der Waals surface area (Å²) in [6.07, 6.45) is -0.142. The molecule has 0 aromatic heterocycles. The van der Waals surface area contributed by atoms with E-state index in [1.54, 1.807) is 18.7 Å². The van der Waals surface area contributed by atoms with Gasteiger partial charge in [-0.1, -0.05) is 6.92 Å². The topological polar surface area (TPSA) is 172 Å². The standard InChI is InChI=1S/C19H28N6O5S/c1-8-12(15(27)23-10-6-24(7-10)18(20)21)13(16(28)29)25-14(8)19(9(2)26,17(25)30)31-11-3-4-22-5-11/h8-11,14,22,26H,3-7H2,1-2H3,(H3,20,21)(H,23,27)(H,28,29)/t8-,9?,11?,14+,19?/m1/s1. The molecule has 0 saturated carbocycles. The normalized spacial score (nSPS) is 33.6. The molecule has 0 spiro atoms. The van der Waals surface area contributed by atoms with E-state index in [2.05, 4.69) is 10.6 Å². The van der Waals surface area contributed by atoms with Crippen LogP contribution < -0.4 is 16.4 Å². The number of guanidine groups is 1. The van der Waals surface area contributed by atoms with Gasteiger partial charge in [-0.2, -0.15) is 0 Å². The number of nitrogens with zero attached hydrogens (tertiary/aromatic N) is 2. The summed E-state index contributed by atoms with van der Waals surface area (Å²) >= 11 is 1.40. The fraction of sp³-hybridized carbons (Fsp3) is 0.684. The van der Waals surface area contributed by atoms with Crippen LogP contribution in [0.4, 0.5) is 0 Å². The van der Waals surface area contributed by atoms with Crippen molar-refractivity contribution < 1.29 is 24.6 Å². The number of aliphatic hydroxyl groups is 1. The van der Waals surface area contributed by atoms with E-state index in [0.717, 1.165) is 13.0 Å². The number of nitrogens with one attached hydrogen (secondary N) is 3. The van der Waals surface area contributed by atoms with E-state index in [1.807, 2.05) is 0 Å². The zero-order valence-corrected chi connectivity index (χ0v) is 18.2. The van der Waals surface area contributed by atoms with E-state index in [1.165, 1.54) is 16.7 Å². The number of aliphatic hydroxyl groups excluding tert-OH is 1. The number of carboxylic acids is 1. The number of hydrogen-bond donors (Lipinski definition) is 6. The average molecular weight is 453 g/mol. The Hall–Kier alpha value is -2.31. The van der Waals surface area contributed by atoms with Crippen molar-refractivity contribution in [2.45, 2.75) is 48.5 Å². The van der Waals surface area contributed by atoms with Crippen LogP contribution in [-0.4, -0.2) is 98.1 Å². The maximum atomic E-state index is 13.3. The first-order chi connectivity index (χ1) is 14.6. The lowest BCUT2D eigenvalue weighted by atomic mass is 9.76. The fourth-order valence-corrected chi connectivity index (χ4v) is 6.95. The van der Waals surface area contributed by atoms with Crippen LogP contribution in [0.2, 0.25) is 0 Å². The van der Waals surface area contributed by atoms with Gasteiger partial charge in [-0.15, -0.1) is 11.8 Å². The van der Waals surface area contributed by atoms with Crippen LogP contribution >= 0.6 is 11.8 Å². The van der Waals surface area contributed by atoms with Crippen LogP contribution in [0.1, 0.15) is 20.3 Å². The molecule has 0 aliphatic carbocycles. The first-order valence-electron chi connectivity index (χ1n) is 10.4. The molecule has 0 radical (unpaired) electrons. The minimum Gasteiger partial charge on any atom is -0.477 e. The molecule has 3 unspecified atom stereocenters. The van der Waals surface area contributed by atoms with Crippen LogP contribution in [0.15, 0.2) is 11.3 Å². The monoisotopic (exact) mass is 452 g/mol. The lowest BCUT2D eigenvalue weighted by Crippen LogP contribution is -2.76. The summed E-state index contributed by atoms with van der Waals surface area (Å²) in [6, 6.07) is -0.858. The predicted octanol–water partition coefficient (Wildman–Crippen LogP) is -1.91. The predicted molar refractivity (Wildman–Crippen MR) is 113 cm³/mol. The van der Waals surface area contributed by atoms with Gasteiger partial charge in [0.15, 0.2) is 5.96 Å². The second-order valence-electron chi connectivity index (χ2n) is 8.64. The van der Waals surface area contributed by atoms with Gasteiger partial charge in [-0.3, -0.25) is 19.9 Å². The molecule has 2 amide bonds. The van der Waals surface area contributed by atoms with Crippen molar-refractivity contribution in [1.29, 1.82) is 5.41 Å². The van der Waals surface area contributed by atoms with Gasteiger partial charge in [-0.05, 0) is 19.9 Å². The second kappa shape index (κ2) is 7.68. The largest absolute Gasteiger partial charge is 0.477 e. The number of carboxylic acid groups (broad SMARTS) is 1. The molecule has 4 rings (SSSR count). The quantitative estimate of drug-likeness (QED) is 0.153. The Bertz CT molecular complexity index is 866. The van der Waals surface area contributed by atoms with Crippen LogP contribution in [0, 0.1) is 11.3 Å². The molecular weight excluding hydrogens is 424 g/mol. The van der Waals surface area contributed by atoms with E-state index >= 15 is 0 Å². The van der Waals surface area contributed by atoms with Crippen molar-refractivity contribution in [3.63, 3.8) is 0 Å². The third-order valence-corrected chi connectivity index (χ3v) is 8.58. The third kappa shape index (κ3) is 3.19. The Morgan fingerprint density at radius 1 is 1.42 bits per heavy atom. The summed E-state index contributed by atoms with van der Waals surface area (Å²) < 4.78 is -1.18. The number of likely N-dealkylation sites (tertiary alicyclic amines) is 1. The van der Waals surface area contributed by atoms with Crippen LogP contribution in [0.3, 0.4) is 0 Å². The molecule has 4 aliphatic rings. The van der Waals surface area contributed by atoms with Gasteiger partial charge < -0.3 is 31.5 Å². The summed E-state index contributed by atoms with van der Waals surface area (Å²) in [6.45, 7) is 5.59. The van der Waals surface area contributed by atoms with Crippen LogP contribution in [-0.2, 0) is 14.4 Å². The molecule has 0 bridgehead atoms. The SMILES string of the molecule is CC(O)C1(SC2CCNC2)C(=O)N2C(C(=O)O)=C(C(=O)NC3CN(C(=N)N)C3)[C@@H](C)[C@H]21. The Balaban J connectivity index is 1.59. The summed E-state index contributed by atoms with van der Waals surface area (Å²) in [5, 5.41) is 34.1. The highest BCUT2D eigenvalue weighted by atomic mass is 32.2. The number of hydrogen-bond acceptors (Lipinski definition) is 7. The highest BCUT2D eigenvalue weighted by Crippen LogP contribution is 2.57. The highest BCUT2D eigenvalue weighted by molar-refractivity contribution is 8.02. The van der Waals surface area contributed by atoms with Crippen molar-refractivity contribution in [3.8, 4) is 0 Å². The zero-order chi connectivity index (χ0) is 22.7. The fourth-order valence-electron chi connectivity index (χ4n) is 5.12. The van der Waals surface area contributed by atoms with Crippen LogP contribution in [0.25, 0.3) is 0 Å². The van der Waals surface area contributed by atoms with Gasteiger partial charge in [0.1, 0.15) is 10.4 Å². The number of carbonyl (C=O) groups is 3. The molecule has 0 aromatic rings. The smallest absolute Gasteiger partial charge is 0.353 e. The summed E-state index contributed by atoms with van der Waals surface area (Å²) in [7, 11) is 0. The number of amides is 2. The van der Waals surface area contributed by atoms with Crippen molar-refractivity contribution >= 4 is 35.5 Å². The number of fused-ring (bicyclic) bond motifs is 1. The van der Waals surface area contributed by atoms with Gasteiger partial charge in [0, 0.05) is 30.8 Å². The zero-order valence-electron chi connectivity index (χ0n) is 17.4. The van der Waals surface area contributed by atoms with Crippen molar-refractivity contribution in [2.75, 3.05) is 26.2 Å². The molecule has 7 N–H and O–H groups in total. The second-order valence-corrected chi connectivity index (χ2v) is 10.2. The van der Waals surface area contributed by atoms with E-state index in [9.17, 15) is 24.6 Å². The molecule has 3 saturated heterocycles. The molecule has 4 aliphatic heterocycles. The highest BCUT2D eigenvalue weighted by Gasteiger charge is 2.71. The number of β-lactam (4-membered cyclic amide) rings is 1. The molecular formula is C19H28N6O5S. The van der Waals surface area contributed by atoms with Gasteiger partial charge in [-0.25, -0.2) is 4.79 Å². The molecule has 3 fully saturated rings. The minimum atomic E-state index is -1.33. The molecule has 0 aromatic carbocycles. The summed E-state index contributed by atoms with van der Waals surface area (Å²) in [5.41, 5.74) is 5.17. The van der Waals surface area contributed by atoms with Crippen molar-refractivity contribution in [3.05, 3.63) is 11.3 Å². The third-order valence-electron chi connectivity index (χ3n) is 6.70. The first kappa shape index (κ1) is 21.9. The van der Waals surface area contributed by atoms with Crippen molar-refractivity contribution in [2.24, 2.45) is 11.7 Å². The van der Waals surface area contributed by atoms with E-state index in [0.29, 0.717) is 19.6 Å². The minimum absolute atomic E-state index is 0.0554. The molecule has 4 heterocycles. The number of carbonyl (C=O) groups excluding carboxylic acids is 2. The van der Waals surface area contributed by atoms with E-state index in [4.69, 9.17) is 11.1 Å². The summed E-state index contributed by atoms with van der Waals surface area (Å²) in [4.78, 5) is 41.2. The Morgan fingerprint density at radius 3 is 2.61 bits per heavy atom. The Kier molecular flexibility index (Phi) is 5.42. The maximum Gasteiger partial charge on any atom is 0.353 e. The summed E-state index contributed by atoms with van der Waals surface area (Å²) in [5.74, 6) is -2.96. The molecule has 12 heteroatoms. The van der Waals surface area contributed by atoms with Crippen LogP contribution in [0.5, 0.6) is 0 Å². The number of aliphatic carboxylic acids is 1. The van der Waals surface area contributed by atoms with Gasteiger partial charge in [0.05, 0.1) is 23.8 Å². The first-order valence-corrected chi connectivity index (χ1v) is 11.2. The number of nitrogens with two attached hydrogens (primary N) is 1. The Morgan fingerprint density at radius 2 is 2.10 bits per heavy atom.